The van der Waals surface area contributed by atoms with Gasteiger partial charge in [0.1, 0.15) is 11.4 Å². The molecule has 4 saturated heterocycles. The minimum atomic E-state index is -4.61. The van der Waals surface area contributed by atoms with Crippen LogP contribution in [0.25, 0.3) is 0 Å². The first-order chi connectivity index (χ1) is 23.7. The largest absolute Gasteiger partial charge is 0.444 e. The van der Waals surface area contributed by atoms with E-state index in [1.54, 1.807) is 18.5 Å². The molecule has 4 fully saturated rings. The lowest BCUT2D eigenvalue weighted by atomic mass is 9.71. The summed E-state index contributed by atoms with van der Waals surface area (Å²) >= 11 is 0. The zero-order chi connectivity index (χ0) is 35.7. The van der Waals surface area contributed by atoms with Gasteiger partial charge in [0.15, 0.2) is 5.82 Å². The fraction of sp³-hybridized carbons (Fsp3) is 0.639. The third-order valence-electron chi connectivity index (χ3n) is 10.6. The highest BCUT2D eigenvalue weighted by molar-refractivity contribution is 5.91. The van der Waals surface area contributed by atoms with Crippen LogP contribution in [0.1, 0.15) is 70.4 Å². The lowest BCUT2D eigenvalue weighted by Crippen LogP contribution is -2.61. The zero-order valence-corrected chi connectivity index (χ0v) is 29.1. The average Bonchev–Trinajstić information content (AvgIpc) is 3.07. The predicted octanol–water partition coefficient (Wildman–Crippen LogP) is 5.77. The van der Waals surface area contributed by atoms with Crippen molar-refractivity contribution < 1.29 is 27.5 Å². The standard InChI is InChI=1S/C36H47F3N8O3/c1-34(2,3)50-33(49)47-16-10-35(11-17-47)23-44(24-35)22-25-6-12-46(13-7-25)31-21-41-30(20-42-31)43-32(48)26-8-14-45(15-9-26)28-5-4-27(19-40)29(18-28)36(37,38)39/h4-5,18,20-21,25-26H,6-17,22-24H2,1-3H3,(H,41,43,48). The molecule has 0 bridgehead atoms. The van der Waals surface area contributed by atoms with Crippen LogP contribution in [0.3, 0.4) is 0 Å². The van der Waals surface area contributed by atoms with E-state index < -0.39 is 22.9 Å². The van der Waals surface area contributed by atoms with Gasteiger partial charge in [0, 0.05) is 70.5 Å². The molecule has 1 spiro atoms. The molecule has 1 N–H and O–H groups in total. The summed E-state index contributed by atoms with van der Waals surface area (Å²) in [6, 6.07) is 5.35. The molecule has 50 heavy (non-hydrogen) atoms. The lowest BCUT2D eigenvalue weighted by Gasteiger charge is -2.55. The van der Waals surface area contributed by atoms with Crippen LogP contribution in [0, 0.1) is 28.6 Å². The summed E-state index contributed by atoms with van der Waals surface area (Å²) < 4.78 is 45.8. The second kappa shape index (κ2) is 14.2. The second-order valence-electron chi connectivity index (χ2n) is 15.4. The van der Waals surface area contributed by atoms with E-state index in [0.717, 1.165) is 83.4 Å². The summed E-state index contributed by atoms with van der Waals surface area (Å²) in [4.78, 5) is 42.9. The summed E-state index contributed by atoms with van der Waals surface area (Å²) in [5.74, 6) is 1.33. The number of nitriles is 1. The Kier molecular flexibility index (Phi) is 10.2. The number of carbonyl (C=O) groups excluding carboxylic acids is 2. The molecule has 0 radical (unpaired) electrons. The lowest BCUT2D eigenvalue weighted by molar-refractivity contribution is -0.137. The van der Waals surface area contributed by atoms with Gasteiger partial charge in [-0.25, -0.2) is 14.8 Å². The van der Waals surface area contributed by atoms with Crippen molar-refractivity contribution in [3.63, 3.8) is 0 Å². The molecule has 0 unspecified atom stereocenters. The highest BCUT2D eigenvalue weighted by Gasteiger charge is 2.46. The van der Waals surface area contributed by atoms with Gasteiger partial charge in [0.2, 0.25) is 5.91 Å². The fourth-order valence-corrected chi connectivity index (χ4v) is 7.79. The molecule has 4 aliphatic rings. The van der Waals surface area contributed by atoms with E-state index in [-0.39, 0.29) is 17.9 Å². The summed E-state index contributed by atoms with van der Waals surface area (Å²) in [6.45, 7) is 13.2. The molecule has 14 heteroatoms. The number of alkyl halides is 3. The highest BCUT2D eigenvalue weighted by Crippen LogP contribution is 2.42. The summed E-state index contributed by atoms with van der Waals surface area (Å²) in [6.07, 6.45) is 3.65. The Morgan fingerprint density at radius 3 is 2.20 bits per heavy atom. The molecule has 0 atom stereocenters. The van der Waals surface area contributed by atoms with Crippen LogP contribution in [0.4, 0.5) is 35.3 Å². The van der Waals surface area contributed by atoms with E-state index in [9.17, 15) is 22.8 Å². The normalized spacial score (nSPS) is 20.7. The number of hydrogen-bond acceptors (Lipinski definition) is 9. The first kappa shape index (κ1) is 35.7. The molecule has 0 aliphatic carbocycles. The maximum absolute atomic E-state index is 13.4. The number of nitrogens with one attached hydrogen (secondary N) is 1. The Bertz CT molecular complexity index is 1560. The van der Waals surface area contributed by atoms with Crippen molar-refractivity contribution in [3.8, 4) is 6.07 Å². The highest BCUT2D eigenvalue weighted by atomic mass is 19.4. The van der Waals surface area contributed by atoms with Crippen molar-refractivity contribution in [2.45, 2.75) is 71.1 Å². The van der Waals surface area contributed by atoms with Gasteiger partial charge >= 0.3 is 12.3 Å². The molecule has 11 nitrogen and oxygen atoms in total. The Morgan fingerprint density at radius 2 is 1.62 bits per heavy atom. The van der Waals surface area contributed by atoms with Crippen LogP contribution in [0.2, 0.25) is 0 Å². The summed E-state index contributed by atoms with van der Waals surface area (Å²) in [5, 5.41) is 11.9. The van der Waals surface area contributed by atoms with Crippen LogP contribution in [-0.2, 0) is 15.7 Å². The molecule has 2 amide bonds. The number of nitrogens with zero attached hydrogens (tertiary/aromatic N) is 7. The van der Waals surface area contributed by atoms with Gasteiger partial charge in [-0.2, -0.15) is 18.4 Å². The van der Waals surface area contributed by atoms with E-state index in [1.165, 1.54) is 12.1 Å². The maximum Gasteiger partial charge on any atom is 0.417 e. The number of anilines is 3. The number of likely N-dealkylation sites (tertiary alicyclic amines) is 2. The van der Waals surface area contributed by atoms with E-state index >= 15 is 0 Å². The predicted molar refractivity (Wildman–Crippen MR) is 183 cm³/mol. The summed E-state index contributed by atoms with van der Waals surface area (Å²) in [5.41, 5.74) is -1.09. The molecule has 270 valence electrons. The molecular weight excluding hydrogens is 649 g/mol. The van der Waals surface area contributed by atoms with Crippen molar-refractivity contribution >= 4 is 29.3 Å². The number of amides is 2. The SMILES string of the molecule is CC(C)(C)OC(=O)N1CCC2(CC1)CN(CC1CCN(c3cnc(NC(=O)C4CCN(c5ccc(C#N)c(C(F)(F)F)c5)CC4)cn3)CC1)C2. The van der Waals surface area contributed by atoms with Gasteiger partial charge in [-0.1, -0.05) is 0 Å². The fourth-order valence-electron chi connectivity index (χ4n) is 7.79. The maximum atomic E-state index is 13.4. The second-order valence-corrected chi connectivity index (χ2v) is 15.4. The van der Waals surface area contributed by atoms with Crippen molar-refractivity contribution in [1.29, 1.82) is 5.26 Å². The van der Waals surface area contributed by atoms with Crippen molar-refractivity contribution in [3.05, 3.63) is 41.7 Å². The van der Waals surface area contributed by atoms with Gasteiger partial charge in [-0.15, -0.1) is 0 Å². The van der Waals surface area contributed by atoms with Crippen LogP contribution < -0.4 is 15.1 Å². The number of rotatable bonds is 6. The first-order valence-corrected chi connectivity index (χ1v) is 17.6. The minimum Gasteiger partial charge on any atom is -0.444 e. The molecule has 0 saturated carbocycles. The van der Waals surface area contributed by atoms with Crippen LogP contribution in [0.15, 0.2) is 30.6 Å². The molecule has 2 aromatic rings. The Hall–Kier alpha value is -4.12. The van der Waals surface area contributed by atoms with Crippen molar-refractivity contribution in [2.24, 2.45) is 17.3 Å². The van der Waals surface area contributed by atoms with Gasteiger partial charge in [-0.05, 0) is 88.8 Å². The van der Waals surface area contributed by atoms with Gasteiger partial charge in [0.25, 0.3) is 0 Å². The number of ether oxygens (including phenoxy) is 1. The molecule has 5 heterocycles. The molecule has 1 aromatic heterocycles. The number of halogens is 3. The number of piperidine rings is 3. The number of carbonyl (C=O) groups is 2. The van der Waals surface area contributed by atoms with E-state index in [0.29, 0.717) is 48.8 Å². The Balaban J connectivity index is 0.897. The van der Waals surface area contributed by atoms with Gasteiger partial charge in [-0.3, -0.25) is 4.79 Å². The Labute approximate surface area is 291 Å². The van der Waals surface area contributed by atoms with Crippen molar-refractivity contribution in [2.75, 3.05) is 74.0 Å². The Morgan fingerprint density at radius 1 is 0.960 bits per heavy atom. The molecular formula is C36H47F3N8O3. The molecule has 6 rings (SSSR count). The topological polar surface area (TPSA) is 118 Å². The van der Waals surface area contributed by atoms with E-state index in [1.807, 2.05) is 30.6 Å². The quantitative estimate of drug-likeness (QED) is 0.402. The molecule has 4 aliphatic heterocycles. The first-order valence-electron chi connectivity index (χ1n) is 17.6. The third kappa shape index (κ3) is 8.42. The smallest absolute Gasteiger partial charge is 0.417 e. The van der Waals surface area contributed by atoms with E-state index in [4.69, 9.17) is 10.00 Å². The van der Waals surface area contributed by atoms with Crippen molar-refractivity contribution in [1.82, 2.24) is 19.8 Å². The van der Waals surface area contributed by atoms with Crippen LogP contribution in [-0.4, -0.2) is 96.3 Å². The van der Waals surface area contributed by atoms with Crippen LogP contribution in [0.5, 0.6) is 0 Å². The minimum absolute atomic E-state index is 0.176. The van der Waals surface area contributed by atoms with Crippen LogP contribution >= 0.6 is 0 Å². The molecule has 1 aromatic carbocycles. The number of benzene rings is 1. The monoisotopic (exact) mass is 696 g/mol. The zero-order valence-electron chi connectivity index (χ0n) is 29.1. The third-order valence-corrected chi connectivity index (χ3v) is 10.6. The van der Waals surface area contributed by atoms with E-state index in [2.05, 4.69) is 25.1 Å². The number of aromatic nitrogens is 2. The van der Waals surface area contributed by atoms with Gasteiger partial charge < -0.3 is 29.7 Å². The number of hydrogen-bond donors (Lipinski definition) is 1. The summed E-state index contributed by atoms with van der Waals surface area (Å²) in [7, 11) is 0. The average molecular weight is 697 g/mol. The van der Waals surface area contributed by atoms with Gasteiger partial charge in [0.05, 0.1) is 29.6 Å².